The zero-order valence-electron chi connectivity index (χ0n) is 6.91. The smallest absolute Gasteiger partial charge is 0.290 e. The van der Waals surface area contributed by atoms with Gasteiger partial charge in [0, 0.05) is 6.42 Å². The van der Waals surface area contributed by atoms with Crippen molar-refractivity contribution in [2.75, 3.05) is 0 Å². The van der Waals surface area contributed by atoms with Gasteiger partial charge >= 0.3 is 0 Å². The molecule has 0 unspecified atom stereocenters. The topological polar surface area (TPSA) is 82.0 Å². The molecule has 0 saturated heterocycles. The monoisotopic (exact) mass is 169 g/mol. The number of aromatic nitrogens is 2. The van der Waals surface area contributed by atoms with Crippen LogP contribution in [0.2, 0.25) is 0 Å². The van der Waals surface area contributed by atoms with Crippen LogP contribution < -0.4 is 5.73 Å². The number of nitrogens with zero attached hydrogens (tertiary/aromatic N) is 2. The van der Waals surface area contributed by atoms with Crippen LogP contribution in [0.1, 0.15) is 36.3 Å². The minimum Gasteiger partial charge on any atom is -0.363 e. The van der Waals surface area contributed by atoms with E-state index in [1.54, 1.807) is 0 Å². The van der Waals surface area contributed by atoms with Gasteiger partial charge in [0.05, 0.1) is 0 Å². The van der Waals surface area contributed by atoms with Crippen molar-refractivity contribution in [1.82, 2.24) is 10.1 Å². The number of amides is 1. The second-order valence-electron chi connectivity index (χ2n) is 2.48. The number of carbonyl (C=O) groups is 1. The molecule has 0 saturated carbocycles. The van der Waals surface area contributed by atoms with Crippen molar-refractivity contribution in [3.8, 4) is 0 Å². The van der Waals surface area contributed by atoms with Gasteiger partial charge in [0.1, 0.15) is 0 Å². The first kappa shape index (κ1) is 8.70. The predicted octanol–water partition coefficient (Wildman–Crippen LogP) is 0.511. The third-order valence-electron chi connectivity index (χ3n) is 1.43. The Morgan fingerprint density at radius 2 is 2.42 bits per heavy atom. The first-order valence-electron chi connectivity index (χ1n) is 3.86. The Hall–Kier alpha value is -1.39. The fourth-order valence-electron chi connectivity index (χ4n) is 0.784. The van der Waals surface area contributed by atoms with Crippen molar-refractivity contribution >= 4 is 5.91 Å². The Kier molecular flexibility index (Phi) is 2.79. The molecule has 0 spiro atoms. The summed E-state index contributed by atoms with van der Waals surface area (Å²) in [6.07, 6.45) is 2.73. The maximum atomic E-state index is 10.5. The molecule has 2 N–H and O–H groups in total. The summed E-state index contributed by atoms with van der Waals surface area (Å²) in [6, 6.07) is 0. The number of hydrogen-bond acceptors (Lipinski definition) is 4. The predicted molar refractivity (Wildman–Crippen MR) is 41.4 cm³/mol. The first-order chi connectivity index (χ1) is 5.74. The molecule has 5 heteroatoms. The van der Waals surface area contributed by atoms with Crippen molar-refractivity contribution in [3.63, 3.8) is 0 Å². The van der Waals surface area contributed by atoms with E-state index in [1.807, 2.05) is 0 Å². The van der Waals surface area contributed by atoms with Crippen molar-refractivity contribution in [3.05, 3.63) is 11.7 Å². The van der Waals surface area contributed by atoms with E-state index in [9.17, 15) is 4.79 Å². The van der Waals surface area contributed by atoms with E-state index in [-0.39, 0.29) is 5.82 Å². The molecule has 0 atom stereocenters. The molecule has 0 aromatic carbocycles. The van der Waals surface area contributed by atoms with Gasteiger partial charge in [-0.1, -0.05) is 18.5 Å². The highest BCUT2D eigenvalue weighted by molar-refractivity contribution is 5.88. The Morgan fingerprint density at radius 1 is 1.67 bits per heavy atom. The second kappa shape index (κ2) is 3.85. The van der Waals surface area contributed by atoms with Gasteiger partial charge < -0.3 is 10.3 Å². The van der Waals surface area contributed by atoms with Crippen LogP contribution in [-0.4, -0.2) is 16.0 Å². The lowest BCUT2D eigenvalue weighted by Crippen LogP contribution is -2.12. The summed E-state index contributed by atoms with van der Waals surface area (Å²) in [5, 5.41) is 3.41. The van der Waals surface area contributed by atoms with Crippen LogP contribution in [0.4, 0.5) is 0 Å². The molecular formula is C7H11N3O2. The number of nitrogens with two attached hydrogens (primary N) is 1. The van der Waals surface area contributed by atoms with Crippen LogP contribution in [0.25, 0.3) is 0 Å². The number of aryl methyl sites for hydroxylation is 1. The highest BCUT2D eigenvalue weighted by Gasteiger charge is 2.09. The van der Waals surface area contributed by atoms with Crippen LogP contribution >= 0.6 is 0 Å². The maximum absolute atomic E-state index is 10.5. The summed E-state index contributed by atoms with van der Waals surface area (Å²) in [6.45, 7) is 2.06. The van der Waals surface area contributed by atoms with Gasteiger partial charge in [-0.15, -0.1) is 0 Å². The van der Waals surface area contributed by atoms with Crippen LogP contribution in [0.5, 0.6) is 0 Å². The summed E-state index contributed by atoms with van der Waals surface area (Å²) < 4.78 is 4.77. The van der Waals surface area contributed by atoms with Crippen LogP contribution in [0.3, 0.4) is 0 Å². The standard InChI is InChI=1S/C7H11N3O2/c1-2-3-4-5-9-7(6(8)11)10-12-5/h2-4H2,1H3,(H2,8,11). The maximum Gasteiger partial charge on any atom is 0.290 e. The summed E-state index contributed by atoms with van der Waals surface area (Å²) in [5.41, 5.74) is 4.93. The molecule has 0 aliphatic carbocycles. The van der Waals surface area contributed by atoms with Gasteiger partial charge in [-0.3, -0.25) is 4.79 Å². The van der Waals surface area contributed by atoms with Gasteiger partial charge in [0.2, 0.25) is 5.89 Å². The Morgan fingerprint density at radius 3 is 2.92 bits per heavy atom. The van der Waals surface area contributed by atoms with Gasteiger partial charge in [-0.05, 0) is 6.42 Å². The van der Waals surface area contributed by atoms with E-state index in [0.717, 1.165) is 12.8 Å². The first-order valence-corrected chi connectivity index (χ1v) is 3.86. The number of unbranched alkanes of at least 4 members (excludes halogenated alkanes) is 1. The van der Waals surface area contributed by atoms with Crippen molar-refractivity contribution < 1.29 is 9.32 Å². The van der Waals surface area contributed by atoms with Crippen molar-refractivity contribution in [1.29, 1.82) is 0 Å². The largest absolute Gasteiger partial charge is 0.363 e. The zero-order valence-corrected chi connectivity index (χ0v) is 6.91. The third kappa shape index (κ3) is 2.05. The number of rotatable bonds is 4. The molecule has 1 aromatic rings. The van der Waals surface area contributed by atoms with Crippen LogP contribution in [0, 0.1) is 0 Å². The van der Waals surface area contributed by atoms with Gasteiger partial charge in [-0.25, -0.2) is 0 Å². The Labute approximate surface area is 69.9 Å². The fourth-order valence-corrected chi connectivity index (χ4v) is 0.784. The van der Waals surface area contributed by atoms with E-state index in [2.05, 4.69) is 17.1 Å². The molecule has 0 aliphatic rings. The van der Waals surface area contributed by atoms with E-state index in [0.29, 0.717) is 12.3 Å². The average Bonchev–Trinajstić information content (AvgIpc) is 2.48. The molecule has 0 bridgehead atoms. The number of carbonyl (C=O) groups excluding carboxylic acids is 1. The second-order valence-corrected chi connectivity index (χ2v) is 2.48. The average molecular weight is 169 g/mol. The lowest BCUT2D eigenvalue weighted by atomic mass is 10.2. The summed E-state index contributed by atoms with van der Waals surface area (Å²) in [7, 11) is 0. The molecule has 0 radical (unpaired) electrons. The van der Waals surface area contributed by atoms with Gasteiger partial charge in [0.15, 0.2) is 0 Å². The summed E-state index contributed by atoms with van der Waals surface area (Å²) in [4.78, 5) is 14.3. The normalized spacial score (nSPS) is 10.1. The molecule has 1 heterocycles. The van der Waals surface area contributed by atoms with E-state index in [1.165, 1.54) is 0 Å². The van der Waals surface area contributed by atoms with Gasteiger partial charge in [0.25, 0.3) is 11.7 Å². The molecule has 12 heavy (non-hydrogen) atoms. The third-order valence-corrected chi connectivity index (χ3v) is 1.43. The summed E-state index contributed by atoms with van der Waals surface area (Å²) in [5.74, 6) is -0.215. The lowest BCUT2D eigenvalue weighted by Gasteiger charge is -1.87. The minimum absolute atomic E-state index is 0.0406. The van der Waals surface area contributed by atoms with Crippen LogP contribution in [-0.2, 0) is 6.42 Å². The van der Waals surface area contributed by atoms with E-state index in [4.69, 9.17) is 10.3 Å². The number of hydrogen-bond donors (Lipinski definition) is 1. The fraction of sp³-hybridized carbons (Fsp3) is 0.571. The quantitative estimate of drug-likeness (QED) is 0.711. The molecule has 0 aliphatic heterocycles. The highest BCUT2D eigenvalue weighted by atomic mass is 16.5. The SMILES string of the molecule is CCCCc1nc(C(N)=O)no1. The van der Waals surface area contributed by atoms with Crippen molar-refractivity contribution in [2.45, 2.75) is 26.2 Å². The van der Waals surface area contributed by atoms with Crippen LogP contribution in [0.15, 0.2) is 4.52 Å². The Balaban J connectivity index is 2.58. The summed E-state index contributed by atoms with van der Waals surface area (Å²) >= 11 is 0. The molecule has 1 amide bonds. The highest BCUT2D eigenvalue weighted by Crippen LogP contribution is 2.01. The molecule has 5 nitrogen and oxygen atoms in total. The molecule has 1 aromatic heterocycles. The Bertz CT molecular complexity index is 269. The molecule has 1 rings (SSSR count). The molecule has 0 fully saturated rings. The van der Waals surface area contributed by atoms with Gasteiger partial charge in [-0.2, -0.15) is 4.98 Å². The van der Waals surface area contributed by atoms with E-state index >= 15 is 0 Å². The number of primary amides is 1. The van der Waals surface area contributed by atoms with Crippen molar-refractivity contribution in [2.24, 2.45) is 5.73 Å². The minimum atomic E-state index is -0.651. The van der Waals surface area contributed by atoms with E-state index < -0.39 is 5.91 Å². The zero-order chi connectivity index (χ0) is 8.97. The lowest BCUT2D eigenvalue weighted by molar-refractivity contribution is 0.0987. The molecular weight excluding hydrogens is 158 g/mol. The molecule has 66 valence electrons.